The number of fused-ring (bicyclic) bond motifs is 1. The molecule has 0 aliphatic carbocycles. The molecule has 244 valence electrons. The normalized spacial score (nSPS) is 24.7. The molecule has 0 spiro atoms. The van der Waals surface area contributed by atoms with Crippen LogP contribution in [0.15, 0.2) is 18.2 Å². The van der Waals surface area contributed by atoms with Crippen molar-refractivity contribution < 1.29 is 28.7 Å². The Kier molecular flexibility index (Phi) is 8.91. The molecular weight excluding hydrogens is 574 g/mol. The summed E-state index contributed by atoms with van der Waals surface area (Å²) < 4.78 is 5.55. The zero-order valence-corrected chi connectivity index (χ0v) is 26.9. The van der Waals surface area contributed by atoms with Crippen molar-refractivity contribution in [3.8, 4) is 0 Å². The molecule has 1 atom stereocenters. The summed E-state index contributed by atoms with van der Waals surface area (Å²) in [6, 6.07) is 4.48. The zero-order chi connectivity index (χ0) is 31.9. The van der Waals surface area contributed by atoms with Crippen LogP contribution in [0.4, 0.5) is 10.5 Å². The van der Waals surface area contributed by atoms with Gasteiger partial charge in [0.25, 0.3) is 11.8 Å². The molecule has 1 aromatic rings. The summed E-state index contributed by atoms with van der Waals surface area (Å²) in [6.07, 6.45) is 6.83. The van der Waals surface area contributed by atoms with Crippen molar-refractivity contribution in [2.75, 3.05) is 50.7 Å². The number of imide groups is 2. The van der Waals surface area contributed by atoms with Crippen molar-refractivity contribution in [3.05, 3.63) is 29.3 Å². The number of benzene rings is 1. The monoisotopic (exact) mass is 621 g/mol. The number of nitrogens with one attached hydrogen (secondary N) is 1. The van der Waals surface area contributed by atoms with Crippen molar-refractivity contribution >= 4 is 35.4 Å². The Morgan fingerprint density at radius 3 is 2.07 bits per heavy atom. The van der Waals surface area contributed by atoms with E-state index < -0.39 is 29.4 Å². The van der Waals surface area contributed by atoms with Gasteiger partial charge in [0.05, 0.1) is 11.1 Å². The Hall–Kier alpha value is -3.47. The number of piperidine rings is 4. The number of carbonyl (C=O) groups excluding carboxylic acids is 5. The number of rotatable bonds is 5. The molecule has 45 heavy (non-hydrogen) atoms. The molecule has 11 nitrogen and oxygen atoms in total. The van der Waals surface area contributed by atoms with Gasteiger partial charge in [-0.15, -0.1) is 0 Å². The fourth-order valence-electron chi connectivity index (χ4n) is 7.88. The molecule has 1 unspecified atom stereocenters. The van der Waals surface area contributed by atoms with Crippen molar-refractivity contribution in [2.45, 2.75) is 83.8 Å². The number of carbonyl (C=O) groups is 5. The standard InChI is InChI=1S/C34H47N5O6/c1-34(2,3)45-33(44)38-16-8-22(9-17-38)21-36-14-10-23(11-15-36)24-12-18-37(19-13-24)25-4-5-26-27(20-25)32(43)39(31(26)42)28-6-7-29(40)35-30(28)41/h4-5,20,22-24,28H,6-19,21H2,1-3H3,(H,35,40,41). The molecule has 5 heterocycles. The van der Waals surface area contributed by atoms with Gasteiger partial charge in [-0.3, -0.25) is 29.4 Å². The molecule has 0 bridgehead atoms. The molecule has 5 aliphatic rings. The molecule has 5 amide bonds. The van der Waals surface area contributed by atoms with Crippen molar-refractivity contribution in [2.24, 2.45) is 17.8 Å². The predicted molar refractivity (Wildman–Crippen MR) is 168 cm³/mol. The Balaban J connectivity index is 0.950. The van der Waals surface area contributed by atoms with Crippen LogP contribution in [0.25, 0.3) is 0 Å². The summed E-state index contributed by atoms with van der Waals surface area (Å²) in [5, 5.41) is 2.25. The first-order valence-corrected chi connectivity index (χ1v) is 16.8. The lowest BCUT2D eigenvalue weighted by Gasteiger charge is -2.42. The van der Waals surface area contributed by atoms with Crippen molar-refractivity contribution in [3.63, 3.8) is 0 Å². The van der Waals surface area contributed by atoms with E-state index in [1.54, 1.807) is 12.1 Å². The van der Waals surface area contributed by atoms with E-state index in [9.17, 15) is 24.0 Å². The Bertz CT molecular complexity index is 1330. The molecule has 0 saturated carbocycles. The first-order chi connectivity index (χ1) is 21.5. The zero-order valence-electron chi connectivity index (χ0n) is 26.9. The second-order valence-electron chi connectivity index (χ2n) is 14.6. The van der Waals surface area contributed by atoms with Gasteiger partial charge in [-0.05, 0) is 115 Å². The Morgan fingerprint density at radius 2 is 1.44 bits per heavy atom. The molecule has 6 rings (SSSR count). The molecule has 11 heteroatoms. The van der Waals surface area contributed by atoms with E-state index in [4.69, 9.17) is 4.74 Å². The minimum absolute atomic E-state index is 0.111. The average Bonchev–Trinajstić information content (AvgIpc) is 3.26. The molecule has 4 saturated heterocycles. The van der Waals surface area contributed by atoms with Gasteiger partial charge in [-0.2, -0.15) is 0 Å². The van der Waals surface area contributed by atoms with Gasteiger partial charge in [0.1, 0.15) is 11.6 Å². The third-order valence-corrected chi connectivity index (χ3v) is 10.4. The number of hydrogen-bond acceptors (Lipinski definition) is 8. The molecular formula is C34H47N5O6. The summed E-state index contributed by atoms with van der Waals surface area (Å²) >= 11 is 0. The van der Waals surface area contributed by atoms with E-state index in [-0.39, 0.29) is 24.8 Å². The molecule has 4 fully saturated rings. The number of anilines is 1. The predicted octanol–water partition coefficient (Wildman–Crippen LogP) is 3.66. The SMILES string of the molecule is CC(C)(C)OC(=O)N1CCC(CN2CCC(C3CCN(c4ccc5c(c4)C(=O)N(C4CCC(=O)NC4=O)C5=O)CC3)CC2)CC1. The van der Waals surface area contributed by atoms with E-state index in [1.807, 2.05) is 31.7 Å². The van der Waals surface area contributed by atoms with Gasteiger partial charge in [0, 0.05) is 44.8 Å². The smallest absolute Gasteiger partial charge is 0.410 e. The summed E-state index contributed by atoms with van der Waals surface area (Å²) in [5.74, 6) is 0.176. The number of ether oxygens (including phenoxy) is 1. The van der Waals surface area contributed by atoms with Gasteiger partial charge in [0.15, 0.2) is 0 Å². The minimum Gasteiger partial charge on any atom is -0.444 e. The van der Waals surface area contributed by atoms with Crippen molar-refractivity contribution in [1.29, 1.82) is 0 Å². The highest BCUT2D eigenvalue weighted by atomic mass is 16.6. The second kappa shape index (κ2) is 12.7. The fourth-order valence-corrected chi connectivity index (χ4v) is 7.88. The van der Waals surface area contributed by atoms with Gasteiger partial charge in [0.2, 0.25) is 11.8 Å². The van der Waals surface area contributed by atoms with E-state index in [0.29, 0.717) is 23.0 Å². The van der Waals surface area contributed by atoms with Crippen LogP contribution in [0, 0.1) is 17.8 Å². The van der Waals surface area contributed by atoms with Gasteiger partial charge in [-0.1, -0.05) is 0 Å². The summed E-state index contributed by atoms with van der Waals surface area (Å²) in [5.41, 5.74) is 1.14. The highest BCUT2D eigenvalue weighted by molar-refractivity contribution is 6.23. The van der Waals surface area contributed by atoms with Crippen LogP contribution in [-0.4, -0.2) is 102 Å². The molecule has 0 aromatic heterocycles. The van der Waals surface area contributed by atoms with Gasteiger partial charge >= 0.3 is 6.09 Å². The highest BCUT2D eigenvalue weighted by Crippen LogP contribution is 2.36. The summed E-state index contributed by atoms with van der Waals surface area (Å²) in [6.45, 7) is 12.5. The first-order valence-electron chi connectivity index (χ1n) is 16.8. The molecule has 1 N–H and O–H groups in total. The van der Waals surface area contributed by atoms with Crippen LogP contribution >= 0.6 is 0 Å². The van der Waals surface area contributed by atoms with E-state index in [1.165, 1.54) is 12.8 Å². The number of hydrogen-bond donors (Lipinski definition) is 1. The molecule has 0 radical (unpaired) electrons. The number of nitrogens with zero attached hydrogens (tertiary/aromatic N) is 4. The summed E-state index contributed by atoms with van der Waals surface area (Å²) in [4.78, 5) is 70.5. The lowest BCUT2D eigenvalue weighted by Crippen LogP contribution is -2.54. The lowest BCUT2D eigenvalue weighted by molar-refractivity contribution is -0.136. The third-order valence-electron chi connectivity index (χ3n) is 10.4. The van der Waals surface area contributed by atoms with E-state index in [0.717, 1.165) is 88.0 Å². The Labute approximate surface area is 265 Å². The fraction of sp³-hybridized carbons (Fsp3) is 0.676. The van der Waals surface area contributed by atoms with E-state index >= 15 is 0 Å². The maximum Gasteiger partial charge on any atom is 0.410 e. The topological polar surface area (TPSA) is 120 Å². The highest BCUT2D eigenvalue weighted by Gasteiger charge is 2.45. The largest absolute Gasteiger partial charge is 0.444 e. The Morgan fingerprint density at radius 1 is 0.822 bits per heavy atom. The van der Waals surface area contributed by atoms with Crippen LogP contribution in [-0.2, 0) is 14.3 Å². The van der Waals surface area contributed by atoms with Crippen LogP contribution in [0.2, 0.25) is 0 Å². The first kappa shape index (κ1) is 31.5. The van der Waals surface area contributed by atoms with Gasteiger partial charge < -0.3 is 19.4 Å². The quantitative estimate of drug-likeness (QED) is 0.495. The van der Waals surface area contributed by atoms with Crippen molar-refractivity contribution in [1.82, 2.24) is 20.0 Å². The van der Waals surface area contributed by atoms with Crippen LogP contribution in [0.3, 0.4) is 0 Å². The molecule has 5 aliphatic heterocycles. The summed E-state index contributed by atoms with van der Waals surface area (Å²) in [7, 11) is 0. The maximum atomic E-state index is 13.3. The second-order valence-corrected chi connectivity index (χ2v) is 14.6. The van der Waals surface area contributed by atoms with Crippen LogP contribution < -0.4 is 10.2 Å². The maximum absolute atomic E-state index is 13.3. The lowest BCUT2D eigenvalue weighted by atomic mass is 9.78. The van der Waals surface area contributed by atoms with Crippen LogP contribution in [0.5, 0.6) is 0 Å². The van der Waals surface area contributed by atoms with E-state index in [2.05, 4.69) is 15.1 Å². The van der Waals surface area contributed by atoms with Crippen LogP contribution in [0.1, 0.15) is 92.9 Å². The number of likely N-dealkylation sites (tertiary alicyclic amines) is 2. The third kappa shape index (κ3) is 6.88. The van der Waals surface area contributed by atoms with Gasteiger partial charge in [-0.25, -0.2) is 4.79 Å². The number of amides is 5. The minimum atomic E-state index is -0.946. The average molecular weight is 622 g/mol. The molecule has 1 aromatic carbocycles.